The number of thioether (sulfide) groups is 1. The molecule has 1 heterocycles. The molecular formula is C17H21BrN2OS2. The first-order valence-corrected chi connectivity index (χ1v) is 9.80. The van der Waals surface area contributed by atoms with Gasteiger partial charge in [0, 0.05) is 11.0 Å². The Balaban J connectivity index is 1.98. The van der Waals surface area contributed by atoms with Gasteiger partial charge in [0.25, 0.3) is 5.91 Å². The molecule has 0 N–H and O–H groups in total. The predicted molar refractivity (Wildman–Crippen MR) is 106 cm³/mol. The summed E-state index contributed by atoms with van der Waals surface area (Å²) in [6.45, 7) is 8.08. The third kappa shape index (κ3) is 5.14. The molecule has 6 heteroatoms. The van der Waals surface area contributed by atoms with Crippen molar-refractivity contribution >= 4 is 56.2 Å². The van der Waals surface area contributed by atoms with Crippen molar-refractivity contribution in [3.05, 3.63) is 39.2 Å². The van der Waals surface area contributed by atoms with Gasteiger partial charge in [-0.25, -0.2) is 0 Å². The first kappa shape index (κ1) is 18.6. The SMILES string of the molecule is CCN(CC)CCCN1C(=O)C(=Cc2ccc(Br)cc2)SC1=S. The molecule has 1 fully saturated rings. The van der Waals surface area contributed by atoms with Crippen LogP contribution in [0.3, 0.4) is 0 Å². The number of carbonyl (C=O) groups is 1. The maximum absolute atomic E-state index is 12.5. The summed E-state index contributed by atoms with van der Waals surface area (Å²) in [4.78, 5) is 17.3. The Labute approximate surface area is 156 Å². The van der Waals surface area contributed by atoms with Gasteiger partial charge < -0.3 is 4.90 Å². The van der Waals surface area contributed by atoms with Crippen molar-refractivity contribution in [2.75, 3.05) is 26.2 Å². The summed E-state index contributed by atoms with van der Waals surface area (Å²) in [5, 5.41) is 0. The van der Waals surface area contributed by atoms with E-state index < -0.39 is 0 Å². The zero-order chi connectivity index (χ0) is 16.8. The molecule has 1 saturated heterocycles. The Kier molecular flexibility index (Phi) is 7.27. The number of hydrogen-bond acceptors (Lipinski definition) is 4. The van der Waals surface area contributed by atoms with E-state index in [9.17, 15) is 4.79 Å². The largest absolute Gasteiger partial charge is 0.304 e. The van der Waals surface area contributed by atoms with Gasteiger partial charge in [0.2, 0.25) is 0 Å². The zero-order valence-corrected chi connectivity index (χ0v) is 16.6. The van der Waals surface area contributed by atoms with Gasteiger partial charge in [-0.1, -0.05) is 65.9 Å². The van der Waals surface area contributed by atoms with Crippen molar-refractivity contribution in [3.8, 4) is 0 Å². The maximum Gasteiger partial charge on any atom is 0.266 e. The van der Waals surface area contributed by atoms with Crippen LogP contribution in [-0.2, 0) is 4.79 Å². The number of amides is 1. The van der Waals surface area contributed by atoms with Gasteiger partial charge in [0.05, 0.1) is 4.91 Å². The molecule has 0 bridgehead atoms. The molecule has 0 radical (unpaired) electrons. The van der Waals surface area contributed by atoms with E-state index in [0.29, 0.717) is 15.8 Å². The quantitative estimate of drug-likeness (QED) is 0.489. The first-order valence-electron chi connectivity index (χ1n) is 7.78. The molecule has 1 aliphatic heterocycles. The highest BCUT2D eigenvalue weighted by Gasteiger charge is 2.31. The summed E-state index contributed by atoms with van der Waals surface area (Å²) < 4.78 is 1.69. The molecule has 0 aromatic heterocycles. The van der Waals surface area contributed by atoms with Gasteiger partial charge in [0.1, 0.15) is 4.32 Å². The van der Waals surface area contributed by atoms with Crippen LogP contribution < -0.4 is 0 Å². The van der Waals surface area contributed by atoms with E-state index in [2.05, 4.69) is 34.7 Å². The standard InChI is InChI=1S/C17H21BrN2OS2/c1-3-19(4-2)10-5-11-20-16(21)15(23-17(20)22)12-13-6-8-14(18)9-7-13/h6-9,12H,3-5,10-11H2,1-2H3. The number of benzene rings is 1. The van der Waals surface area contributed by atoms with Crippen molar-refractivity contribution in [1.82, 2.24) is 9.80 Å². The number of thiocarbonyl (C=S) groups is 1. The molecule has 0 aliphatic carbocycles. The lowest BCUT2D eigenvalue weighted by molar-refractivity contribution is -0.122. The molecule has 0 unspecified atom stereocenters. The minimum atomic E-state index is 0.0301. The lowest BCUT2D eigenvalue weighted by Gasteiger charge is -2.20. The van der Waals surface area contributed by atoms with Gasteiger partial charge in [-0.2, -0.15) is 0 Å². The van der Waals surface area contributed by atoms with Gasteiger partial charge in [0.15, 0.2) is 0 Å². The van der Waals surface area contributed by atoms with E-state index in [1.807, 2.05) is 30.3 Å². The normalized spacial score (nSPS) is 16.9. The van der Waals surface area contributed by atoms with Crippen LogP contribution in [0, 0.1) is 0 Å². The fraction of sp³-hybridized carbons (Fsp3) is 0.412. The zero-order valence-electron chi connectivity index (χ0n) is 13.4. The fourth-order valence-corrected chi connectivity index (χ4v) is 3.97. The third-order valence-corrected chi connectivity index (χ3v) is 5.70. The maximum atomic E-state index is 12.5. The van der Waals surface area contributed by atoms with Crippen LogP contribution in [0.5, 0.6) is 0 Å². The van der Waals surface area contributed by atoms with Crippen LogP contribution in [0.1, 0.15) is 25.8 Å². The Hall–Kier alpha value is -0.690. The van der Waals surface area contributed by atoms with Crippen molar-refractivity contribution in [2.24, 2.45) is 0 Å². The lowest BCUT2D eigenvalue weighted by Crippen LogP contribution is -2.32. The van der Waals surface area contributed by atoms with E-state index in [0.717, 1.165) is 36.1 Å². The average Bonchev–Trinajstić information content (AvgIpc) is 2.81. The van der Waals surface area contributed by atoms with Crippen LogP contribution in [0.4, 0.5) is 0 Å². The van der Waals surface area contributed by atoms with E-state index in [-0.39, 0.29) is 5.91 Å². The summed E-state index contributed by atoms with van der Waals surface area (Å²) >= 11 is 10.2. The van der Waals surface area contributed by atoms with Crippen LogP contribution >= 0.6 is 39.9 Å². The van der Waals surface area contributed by atoms with Crippen LogP contribution in [0.2, 0.25) is 0 Å². The third-order valence-electron chi connectivity index (χ3n) is 3.79. The first-order chi connectivity index (χ1) is 11.0. The Morgan fingerprint density at radius 1 is 1.26 bits per heavy atom. The van der Waals surface area contributed by atoms with E-state index in [1.54, 1.807) is 4.90 Å². The molecule has 124 valence electrons. The molecule has 1 aromatic carbocycles. The van der Waals surface area contributed by atoms with E-state index in [1.165, 1.54) is 11.8 Å². The molecule has 1 aliphatic rings. The number of rotatable bonds is 7. The summed E-state index contributed by atoms with van der Waals surface area (Å²) in [6.07, 6.45) is 2.86. The Morgan fingerprint density at radius 2 is 1.91 bits per heavy atom. The molecule has 1 amide bonds. The van der Waals surface area contributed by atoms with Crippen molar-refractivity contribution < 1.29 is 4.79 Å². The molecule has 2 rings (SSSR count). The summed E-state index contributed by atoms with van der Waals surface area (Å²) in [7, 11) is 0. The van der Waals surface area contributed by atoms with Crippen LogP contribution in [-0.4, -0.2) is 46.2 Å². The highest BCUT2D eigenvalue weighted by atomic mass is 79.9. The van der Waals surface area contributed by atoms with E-state index in [4.69, 9.17) is 12.2 Å². The minimum Gasteiger partial charge on any atom is -0.304 e. The molecule has 0 saturated carbocycles. The highest BCUT2D eigenvalue weighted by Crippen LogP contribution is 2.32. The molecule has 0 spiro atoms. The second-order valence-corrected chi connectivity index (χ2v) is 7.86. The monoisotopic (exact) mass is 412 g/mol. The number of nitrogens with zero attached hydrogens (tertiary/aromatic N) is 2. The Bertz CT molecular complexity index is 597. The average molecular weight is 413 g/mol. The van der Waals surface area contributed by atoms with Gasteiger partial charge in [-0.05, 0) is 49.8 Å². The fourth-order valence-electron chi connectivity index (χ4n) is 2.40. The smallest absolute Gasteiger partial charge is 0.266 e. The molecular weight excluding hydrogens is 392 g/mol. The predicted octanol–water partition coefficient (Wildman–Crippen LogP) is 4.38. The molecule has 3 nitrogen and oxygen atoms in total. The van der Waals surface area contributed by atoms with Gasteiger partial charge in [-0.3, -0.25) is 9.69 Å². The number of hydrogen-bond donors (Lipinski definition) is 0. The second-order valence-electron chi connectivity index (χ2n) is 5.27. The summed E-state index contributed by atoms with van der Waals surface area (Å²) in [5.41, 5.74) is 1.01. The van der Waals surface area contributed by atoms with Gasteiger partial charge >= 0.3 is 0 Å². The van der Waals surface area contributed by atoms with Crippen molar-refractivity contribution in [2.45, 2.75) is 20.3 Å². The van der Waals surface area contributed by atoms with Crippen molar-refractivity contribution in [3.63, 3.8) is 0 Å². The number of halogens is 1. The molecule has 1 aromatic rings. The van der Waals surface area contributed by atoms with E-state index >= 15 is 0 Å². The molecule has 23 heavy (non-hydrogen) atoms. The second kappa shape index (κ2) is 8.97. The van der Waals surface area contributed by atoms with Crippen molar-refractivity contribution in [1.29, 1.82) is 0 Å². The number of carbonyl (C=O) groups excluding carboxylic acids is 1. The Morgan fingerprint density at radius 3 is 2.52 bits per heavy atom. The van der Waals surface area contributed by atoms with Gasteiger partial charge in [-0.15, -0.1) is 0 Å². The minimum absolute atomic E-state index is 0.0301. The lowest BCUT2D eigenvalue weighted by atomic mass is 10.2. The van der Waals surface area contributed by atoms with Crippen LogP contribution in [0.25, 0.3) is 6.08 Å². The summed E-state index contributed by atoms with van der Waals surface area (Å²) in [6, 6.07) is 7.90. The molecule has 0 atom stereocenters. The topological polar surface area (TPSA) is 23.6 Å². The highest BCUT2D eigenvalue weighted by molar-refractivity contribution is 9.10. The summed E-state index contributed by atoms with van der Waals surface area (Å²) in [5.74, 6) is 0.0301. The van der Waals surface area contributed by atoms with Crippen LogP contribution in [0.15, 0.2) is 33.6 Å².